The summed E-state index contributed by atoms with van der Waals surface area (Å²) < 4.78 is 7.63. The monoisotopic (exact) mass is 448 g/mol. The Morgan fingerprint density at radius 3 is 2.67 bits per heavy atom. The number of methoxy groups -OCH3 is 1. The highest BCUT2D eigenvalue weighted by molar-refractivity contribution is 5.95. The molecule has 33 heavy (non-hydrogen) atoms. The van der Waals surface area contributed by atoms with Crippen molar-refractivity contribution in [3.05, 3.63) is 54.1 Å². The predicted octanol–water partition coefficient (Wildman–Crippen LogP) is 4.78. The van der Waals surface area contributed by atoms with Crippen molar-refractivity contribution in [1.82, 2.24) is 14.5 Å². The fourth-order valence-corrected chi connectivity index (χ4v) is 4.81. The van der Waals surface area contributed by atoms with Crippen molar-refractivity contribution in [2.45, 2.75) is 52.1 Å². The van der Waals surface area contributed by atoms with Gasteiger partial charge in [-0.1, -0.05) is 43.7 Å². The van der Waals surface area contributed by atoms with Gasteiger partial charge in [-0.15, -0.1) is 0 Å². The van der Waals surface area contributed by atoms with Gasteiger partial charge in [-0.25, -0.2) is 4.98 Å². The first-order chi connectivity index (χ1) is 16.1. The van der Waals surface area contributed by atoms with Crippen molar-refractivity contribution < 1.29 is 14.3 Å². The van der Waals surface area contributed by atoms with Gasteiger partial charge in [-0.3, -0.25) is 14.9 Å². The lowest BCUT2D eigenvalue weighted by molar-refractivity contribution is -0.142. The van der Waals surface area contributed by atoms with Gasteiger partial charge in [0.05, 0.1) is 30.1 Å². The molecule has 2 heterocycles. The molecule has 0 radical (unpaired) electrons. The van der Waals surface area contributed by atoms with Gasteiger partial charge in [0, 0.05) is 25.1 Å². The second kappa shape index (κ2) is 10.1. The molecule has 1 aliphatic rings. The maximum atomic E-state index is 13.7. The summed E-state index contributed by atoms with van der Waals surface area (Å²) in [4.78, 5) is 33.2. The Morgan fingerprint density at radius 1 is 1.15 bits per heavy atom. The normalized spacial score (nSPS) is 18.5. The second-order valence-electron chi connectivity index (χ2n) is 8.43. The number of nitrogens with one attached hydrogen (secondary N) is 1. The van der Waals surface area contributed by atoms with Crippen LogP contribution >= 0.6 is 0 Å². The number of hydrogen-bond donors (Lipinski definition) is 1. The Labute approximate surface area is 194 Å². The third kappa shape index (κ3) is 4.45. The first-order valence-corrected chi connectivity index (χ1v) is 11.8. The Kier molecular flexibility index (Phi) is 6.96. The minimum atomic E-state index is -0.402. The van der Waals surface area contributed by atoms with E-state index in [-0.39, 0.29) is 17.9 Å². The van der Waals surface area contributed by atoms with Crippen LogP contribution < -0.4 is 10.1 Å². The number of para-hydroxylation sites is 3. The smallest absolute Gasteiger partial charge is 0.232 e. The number of carbonyl (C=O) groups is 2. The molecular weight excluding hydrogens is 416 g/mol. The van der Waals surface area contributed by atoms with Crippen LogP contribution in [-0.2, 0) is 16.1 Å². The van der Waals surface area contributed by atoms with Crippen LogP contribution in [0.2, 0.25) is 0 Å². The lowest BCUT2D eigenvalue weighted by Gasteiger charge is -2.41. The molecule has 0 aliphatic carbocycles. The summed E-state index contributed by atoms with van der Waals surface area (Å²) in [6, 6.07) is 15.2. The van der Waals surface area contributed by atoms with Gasteiger partial charge in [0.25, 0.3) is 0 Å². The largest absolute Gasteiger partial charge is 0.496 e. The molecule has 7 heteroatoms. The van der Waals surface area contributed by atoms with Crippen LogP contribution in [0.3, 0.4) is 0 Å². The molecule has 1 aliphatic heterocycles. The second-order valence-corrected chi connectivity index (χ2v) is 8.43. The van der Waals surface area contributed by atoms with Gasteiger partial charge in [0.2, 0.25) is 17.8 Å². The van der Waals surface area contributed by atoms with Crippen LogP contribution in [-0.4, -0.2) is 39.9 Å². The zero-order valence-corrected chi connectivity index (χ0v) is 19.6. The van der Waals surface area contributed by atoms with E-state index in [0.717, 1.165) is 29.4 Å². The molecule has 1 N–H and O–H groups in total. The molecule has 2 aromatic carbocycles. The third-order valence-corrected chi connectivity index (χ3v) is 6.46. The molecule has 2 atom stereocenters. The van der Waals surface area contributed by atoms with E-state index in [2.05, 4.69) is 17.2 Å². The van der Waals surface area contributed by atoms with Crippen molar-refractivity contribution in [3.63, 3.8) is 0 Å². The summed E-state index contributed by atoms with van der Waals surface area (Å²) in [5.41, 5.74) is 2.70. The molecule has 174 valence electrons. The maximum Gasteiger partial charge on any atom is 0.232 e. The number of ether oxygens (including phenoxy) is 1. The minimum absolute atomic E-state index is 0.0872. The van der Waals surface area contributed by atoms with Gasteiger partial charge in [-0.05, 0) is 38.0 Å². The Bertz CT molecular complexity index is 1140. The molecule has 1 fully saturated rings. The summed E-state index contributed by atoms with van der Waals surface area (Å²) in [7, 11) is 1.62. The molecule has 0 spiro atoms. The summed E-state index contributed by atoms with van der Waals surface area (Å²) in [5.74, 6) is 0.798. The third-order valence-electron chi connectivity index (χ3n) is 6.46. The molecule has 7 nitrogen and oxygen atoms in total. The van der Waals surface area contributed by atoms with Gasteiger partial charge in [0.15, 0.2) is 0 Å². The van der Waals surface area contributed by atoms with E-state index in [0.29, 0.717) is 37.6 Å². The van der Waals surface area contributed by atoms with Crippen LogP contribution in [0.25, 0.3) is 11.0 Å². The van der Waals surface area contributed by atoms with Crippen LogP contribution in [0.4, 0.5) is 5.95 Å². The Balaban J connectivity index is 1.71. The van der Waals surface area contributed by atoms with Gasteiger partial charge in [-0.2, -0.15) is 0 Å². The molecule has 3 aromatic rings. The maximum absolute atomic E-state index is 13.7. The summed E-state index contributed by atoms with van der Waals surface area (Å²) in [5, 5.41) is 3.08. The summed E-state index contributed by atoms with van der Waals surface area (Å²) in [6.07, 6.45) is 2.71. The first-order valence-electron chi connectivity index (χ1n) is 11.8. The number of hydrogen-bond acceptors (Lipinski definition) is 4. The fourth-order valence-electron chi connectivity index (χ4n) is 4.81. The summed E-state index contributed by atoms with van der Waals surface area (Å²) in [6.45, 7) is 5.45. The van der Waals surface area contributed by atoms with E-state index in [1.165, 1.54) is 0 Å². The van der Waals surface area contributed by atoms with E-state index in [9.17, 15) is 9.59 Å². The SMILES string of the molecule is CCCCN1C(=O)CCC(C(=O)Nc2nc3ccccc3n2CC)C1c1ccccc1OC. The standard InChI is InChI=1S/C26H32N4O3/c1-4-6-17-30-23(31)16-15-19(24(30)18-11-7-10-14-22(18)33-3)25(32)28-26-27-20-12-8-9-13-21(20)29(26)5-2/h7-14,19,24H,4-6,15-17H2,1-3H3,(H,27,28,32). The van der Waals surface area contributed by atoms with Crippen molar-refractivity contribution in [3.8, 4) is 5.75 Å². The van der Waals surface area contributed by atoms with Gasteiger partial charge >= 0.3 is 0 Å². The zero-order valence-electron chi connectivity index (χ0n) is 19.6. The lowest BCUT2D eigenvalue weighted by atomic mass is 9.83. The average molecular weight is 449 g/mol. The topological polar surface area (TPSA) is 76.5 Å². The number of fused-ring (bicyclic) bond motifs is 1. The number of piperidine rings is 1. The number of carbonyl (C=O) groups excluding carboxylic acids is 2. The Morgan fingerprint density at radius 2 is 1.91 bits per heavy atom. The first kappa shape index (κ1) is 22.8. The molecular formula is C26H32N4O3. The number of amides is 2. The van der Waals surface area contributed by atoms with Crippen molar-refractivity contribution in [1.29, 1.82) is 0 Å². The van der Waals surface area contributed by atoms with Crippen LogP contribution in [0, 0.1) is 5.92 Å². The van der Waals surface area contributed by atoms with Gasteiger partial charge in [0.1, 0.15) is 5.75 Å². The Hall–Kier alpha value is -3.35. The highest BCUT2D eigenvalue weighted by Gasteiger charge is 2.41. The fraction of sp³-hybridized carbons (Fsp3) is 0.423. The number of anilines is 1. The van der Waals surface area contributed by atoms with Crippen LogP contribution in [0.5, 0.6) is 5.75 Å². The number of aryl methyl sites for hydroxylation is 1. The molecule has 1 aromatic heterocycles. The lowest BCUT2D eigenvalue weighted by Crippen LogP contribution is -2.47. The van der Waals surface area contributed by atoms with Crippen molar-refractivity contribution in [2.75, 3.05) is 19.0 Å². The van der Waals surface area contributed by atoms with Crippen molar-refractivity contribution in [2.24, 2.45) is 5.92 Å². The van der Waals surface area contributed by atoms with E-state index in [4.69, 9.17) is 4.74 Å². The highest BCUT2D eigenvalue weighted by atomic mass is 16.5. The quantitative estimate of drug-likeness (QED) is 0.538. The number of likely N-dealkylation sites (tertiary alicyclic amines) is 1. The number of unbranched alkanes of at least 4 members (excludes halogenated alkanes) is 1. The van der Waals surface area contributed by atoms with E-state index >= 15 is 0 Å². The van der Waals surface area contributed by atoms with E-state index in [1.54, 1.807) is 7.11 Å². The van der Waals surface area contributed by atoms with E-state index < -0.39 is 5.92 Å². The molecule has 4 rings (SSSR count). The average Bonchev–Trinajstić information content (AvgIpc) is 3.19. The number of benzene rings is 2. The predicted molar refractivity (Wildman–Crippen MR) is 129 cm³/mol. The number of rotatable bonds is 8. The van der Waals surface area contributed by atoms with Gasteiger partial charge < -0.3 is 14.2 Å². The molecule has 0 saturated carbocycles. The van der Waals surface area contributed by atoms with Crippen LogP contribution in [0.1, 0.15) is 51.1 Å². The minimum Gasteiger partial charge on any atom is -0.496 e. The summed E-state index contributed by atoms with van der Waals surface area (Å²) >= 11 is 0. The molecule has 0 bridgehead atoms. The number of nitrogens with zero attached hydrogens (tertiary/aromatic N) is 3. The zero-order chi connectivity index (χ0) is 23.4. The van der Waals surface area contributed by atoms with Crippen molar-refractivity contribution >= 4 is 28.8 Å². The number of aromatic nitrogens is 2. The van der Waals surface area contributed by atoms with Crippen LogP contribution in [0.15, 0.2) is 48.5 Å². The number of imidazole rings is 1. The highest BCUT2D eigenvalue weighted by Crippen LogP contribution is 2.41. The molecule has 2 unspecified atom stereocenters. The van der Waals surface area contributed by atoms with E-state index in [1.807, 2.05) is 64.9 Å². The molecule has 2 amide bonds. The molecule has 1 saturated heterocycles.